The number of rotatable bonds is 8. The summed E-state index contributed by atoms with van der Waals surface area (Å²) in [6.07, 6.45) is 8.55. The molecule has 1 aromatic carbocycles. The van der Waals surface area contributed by atoms with Crippen LogP contribution in [0.25, 0.3) is 11.1 Å². The smallest absolute Gasteiger partial charge is 0.328 e. The quantitative estimate of drug-likeness (QED) is 0.229. The van der Waals surface area contributed by atoms with Crippen LogP contribution in [-0.4, -0.2) is 56.2 Å². The topological polar surface area (TPSA) is 132 Å². The fourth-order valence-electron chi connectivity index (χ4n) is 5.61. The van der Waals surface area contributed by atoms with Crippen LogP contribution in [0.1, 0.15) is 49.6 Å². The molecule has 0 spiro atoms. The van der Waals surface area contributed by atoms with Gasteiger partial charge in [-0.1, -0.05) is 23.2 Å². The predicted molar refractivity (Wildman–Crippen MR) is 169 cm³/mol. The number of amides is 3. The highest BCUT2D eigenvalue weighted by Gasteiger charge is 2.26. The minimum Gasteiger partial charge on any atom is -0.482 e. The Labute approximate surface area is 269 Å². The number of imide groups is 1. The molecule has 11 nitrogen and oxygen atoms in total. The number of carbonyl (C=O) groups is 2. The summed E-state index contributed by atoms with van der Waals surface area (Å²) in [7, 11) is 0. The van der Waals surface area contributed by atoms with Gasteiger partial charge in [-0.25, -0.2) is 14.2 Å². The van der Waals surface area contributed by atoms with Gasteiger partial charge in [0.1, 0.15) is 11.9 Å². The van der Waals surface area contributed by atoms with Crippen LogP contribution in [-0.2, 0) is 11.3 Å². The molecule has 4 aromatic rings. The second-order valence-corrected chi connectivity index (χ2v) is 11.9. The summed E-state index contributed by atoms with van der Waals surface area (Å²) in [6, 6.07) is 8.03. The Kier molecular flexibility index (Phi) is 8.88. The van der Waals surface area contributed by atoms with Crippen molar-refractivity contribution in [2.24, 2.45) is 0 Å². The molecule has 5 heterocycles. The highest BCUT2D eigenvalue weighted by molar-refractivity contribution is 6.36. The summed E-state index contributed by atoms with van der Waals surface area (Å²) in [4.78, 5) is 36.2. The van der Waals surface area contributed by atoms with Crippen LogP contribution < -0.4 is 20.7 Å². The molecule has 14 heteroatoms. The third-order valence-electron chi connectivity index (χ3n) is 8.10. The lowest BCUT2D eigenvalue weighted by Gasteiger charge is -2.32. The van der Waals surface area contributed by atoms with Crippen LogP contribution in [0.5, 0.6) is 5.75 Å². The van der Waals surface area contributed by atoms with E-state index in [0.717, 1.165) is 42.8 Å². The van der Waals surface area contributed by atoms with E-state index in [1.165, 1.54) is 17.0 Å². The number of likely N-dealkylation sites (tertiary alicyclic amines) is 1. The van der Waals surface area contributed by atoms with E-state index in [-0.39, 0.29) is 29.2 Å². The summed E-state index contributed by atoms with van der Waals surface area (Å²) in [5.74, 6) is -0.331. The number of ether oxygens (including phenoxy) is 1. The second-order valence-electron chi connectivity index (χ2n) is 11.1. The Hall–Kier alpha value is -4.26. The summed E-state index contributed by atoms with van der Waals surface area (Å²) in [5, 5.41) is 7.16. The molecule has 0 radical (unpaired) electrons. The Bertz CT molecular complexity index is 1730. The molecular formula is C31H31Cl2FN8O3. The molecule has 2 aliphatic heterocycles. The third-order valence-corrected chi connectivity index (χ3v) is 8.81. The first-order valence-corrected chi connectivity index (χ1v) is 15.3. The van der Waals surface area contributed by atoms with Crippen LogP contribution in [0.3, 0.4) is 0 Å². The van der Waals surface area contributed by atoms with Crippen molar-refractivity contribution >= 4 is 46.6 Å². The lowest BCUT2D eigenvalue weighted by molar-refractivity contribution is -0.120. The number of aromatic nitrogens is 4. The van der Waals surface area contributed by atoms with Gasteiger partial charge in [-0.2, -0.15) is 5.10 Å². The van der Waals surface area contributed by atoms with E-state index < -0.39 is 18.0 Å². The normalized spacial score (nSPS) is 16.9. The minimum atomic E-state index is -0.677. The van der Waals surface area contributed by atoms with Crippen molar-refractivity contribution in [2.45, 2.75) is 44.9 Å². The van der Waals surface area contributed by atoms with Crippen molar-refractivity contribution in [3.8, 4) is 16.9 Å². The van der Waals surface area contributed by atoms with Crippen molar-refractivity contribution in [2.75, 3.05) is 30.3 Å². The van der Waals surface area contributed by atoms with Gasteiger partial charge >= 0.3 is 6.03 Å². The second kappa shape index (κ2) is 13.0. The van der Waals surface area contributed by atoms with Crippen LogP contribution in [0.4, 0.5) is 20.7 Å². The number of piperidine rings is 1. The molecule has 2 aliphatic rings. The van der Waals surface area contributed by atoms with Gasteiger partial charge in [0.2, 0.25) is 5.91 Å². The maximum absolute atomic E-state index is 14.1. The number of pyridine rings is 2. The van der Waals surface area contributed by atoms with Gasteiger partial charge in [0.15, 0.2) is 11.6 Å². The lowest BCUT2D eigenvalue weighted by atomic mass is 10.0. The number of nitrogens with one attached hydrogen (secondary N) is 1. The number of urea groups is 1. The summed E-state index contributed by atoms with van der Waals surface area (Å²) in [5.41, 5.74) is 9.66. The van der Waals surface area contributed by atoms with Crippen molar-refractivity contribution in [3.63, 3.8) is 0 Å². The van der Waals surface area contributed by atoms with Crippen molar-refractivity contribution in [1.82, 2.24) is 30.0 Å². The molecule has 0 saturated carbocycles. The minimum absolute atomic E-state index is 0.0952. The Morgan fingerprint density at radius 1 is 1.07 bits per heavy atom. The average Bonchev–Trinajstić information content (AvgIpc) is 3.52. The maximum atomic E-state index is 14.1. The molecule has 3 N–H and O–H groups in total. The number of halogens is 3. The van der Waals surface area contributed by atoms with Crippen LogP contribution in [0.2, 0.25) is 10.0 Å². The molecule has 45 heavy (non-hydrogen) atoms. The molecule has 3 aromatic heterocycles. The fraction of sp³-hybridized carbons (Fsp3) is 0.323. The average molecular weight is 654 g/mol. The molecule has 2 fully saturated rings. The van der Waals surface area contributed by atoms with E-state index in [0.29, 0.717) is 35.1 Å². The zero-order valence-corrected chi connectivity index (χ0v) is 25.9. The van der Waals surface area contributed by atoms with Crippen molar-refractivity contribution < 1.29 is 18.7 Å². The predicted octanol–water partition coefficient (Wildman–Crippen LogP) is 5.79. The van der Waals surface area contributed by atoms with E-state index in [9.17, 15) is 14.0 Å². The summed E-state index contributed by atoms with van der Waals surface area (Å²) >= 11 is 12.4. The van der Waals surface area contributed by atoms with Crippen LogP contribution >= 0.6 is 23.2 Å². The molecular weight excluding hydrogens is 622 g/mol. The molecule has 3 amide bonds. The molecule has 0 unspecified atom stereocenters. The lowest BCUT2D eigenvalue weighted by Crippen LogP contribution is -2.49. The molecule has 1 atom stereocenters. The molecule has 6 rings (SSSR count). The first kappa shape index (κ1) is 30.8. The van der Waals surface area contributed by atoms with Gasteiger partial charge in [0.25, 0.3) is 0 Å². The number of hydrogen-bond acceptors (Lipinski definition) is 8. The van der Waals surface area contributed by atoms with Gasteiger partial charge in [0, 0.05) is 66.7 Å². The largest absolute Gasteiger partial charge is 0.482 e. The third kappa shape index (κ3) is 6.73. The maximum Gasteiger partial charge on any atom is 0.328 e. The number of carbonyl (C=O) groups excluding carboxylic acids is 2. The zero-order valence-electron chi connectivity index (χ0n) is 24.4. The summed E-state index contributed by atoms with van der Waals surface area (Å²) in [6.45, 7) is 4.52. The number of nitrogen functional groups attached to an aromatic ring is 1. The van der Waals surface area contributed by atoms with Crippen molar-refractivity contribution in [3.05, 3.63) is 82.2 Å². The monoisotopic (exact) mass is 652 g/mol. The number of hydrogen-bond donors (Lipinski definition) is 2. The molecule has 234 valence electrons. The van der Waals surface area contributed by atoms with Gasteiger partial charge in [0.05, 0.1) is 34.8 Å². The van der Waals surface area contributed by atoms with Gasteiger partial charge in [-0.05, 0) is 50.1 Å². The number of nitrogens with zero attached hydrogens (tertiary/aromatic N) is 6. The van der Waals surface area contributed by atoms with Gasteiger partial charge in [-0.3, -0.25) is 29.6 Å². The number of benzene rings is 1. The Balaban J connectivity index is 1.06. The SMILES string of the molecule is C[C@@H](Oc1cc(-c2cnn(C3CCN(Cc4ccc(N5CCC(=O)NC5=O)cn4)CC3)c2)cnc1N)c1c(Cl)ccc(F)c1Cl. The number of nitrogens with two attached hydrogens (primary N) is 1. The van der Waals surface area contributed by atoms with Gasteiger partial charge < -0.3 is 10.5 Å². The van der Waals surface area contributed by atoms with Crippen molar-refractivity contribution in [1.29, 1.82) is 0 Å². The zero-order chi connectivity index (χ0) is 31.7. The summed E-state index contributed by atoms with van der Waals surface area (Å²) < 4.78 is 22.1. The van der Waals surface area contributed by atoms with E-state index in [2.05, 4.69) is 25.3 Å². The van der Waals surface area contributed by atoms with E-state index >= 15 is 0 Å². The van der Waals surface area contributed by atoms with E-state index in [1.807, 2.05) is 23.0 Å². The first-order chi connectivity index (χ1) is 21.7. The number of anilines is 2. The highest BCUT2D eigenvalue weighted by atomic mass is 35.5. The first-order valence-electron chi connectivity index (χ1n) is 14.5. The Morgan fingerprint density at radius 3 is 2.60 bits per heavy atom. The molecule has 0 bridgehead atoms. The van der Waals surface area contributed by atoms with E-state index in [1.54, 1.807) is 31.6 Å². The van der Waals surface area contributed by atoms with Gasteiger partial charge in [-0.15, -0.1) is 0 Å². The van der Waals surface area contributed by atoms with E-state index in [4.69, 9.17) is 33.7 Å². The molecule has 2 saturated heterocycles. The molecule has 0 aliphatic carbocycles. The highest BCUT2D eigenvalue weighted by Crippen LogP contribution is 2.37. The van der Waals surface area contributed by atoms with Crippen LogP contribution in [0, 0.1) is 5.82 Å². The fourth-order valence-corrected chi connectivity index (χ4v) is 6.29. The standard InChI is InChI=1S/C31H31Cl2FN8O3/c1-18(28-24(32)4-5-25(34)29(28)33)45-26-12-19(13-37-30(26)35)20-14-38-42(16-20)22-6-9-40(10-7-22)17-21-2-3-23(15-36-21)41-11-8-27(43)39-31(41)44/h2-5,12-16,18,22H,6-11,17H2,1H3,(H2,35,37)(H,39,43,44)/t18-/m1/s1. The Morgan fingerprint density at radius 2 is 1.87 bits per heavy atom. The van der Waals surface area contributed by atoms with Crippen LogP contribution in [0.15, 0.2) is 55.1 Å².